The second-order valence-electron chi connectivity index (χ2n) is 5.75. The predicted octanol–water partition coefficient (Wildman–Crippen LogP) is 4.30. The second-order valence-corrected chi connectivity index (χ2v) is 5.75. The highest BCUT2D eigenvalue weighted by Gasteiger charge is 2.33. The van der Waals surface area contributed by atoms with Crippen LogP contribution in [0.25, 0.3) is 0 Å². The molecule has 0 aliphatic carbocycles. The molecule has 2 aromatic carbocycles. The summed E-state index contributed by atoms with van der Waals surface area (Å²) in [6, 6.07) is 9.96. The highest BCUT2D eigenvalue weighted by Crippen LogP contribution is 2.32. The number of carbonyl (C=O) groups is 1. The first-order chi connectivity index (χ1) is 11.7. The molecule has 0 saturated carbocycles. The Morgan fingerprint density at radius 3 is 2.48 bits per heavy atom. The van der Waals surface area contributed by atoms with Crippen molar-refractivity contribution in [3.8, 4) is 0 Å². The summed E-state index contributed by atoms with van der Waals surface area (Å²) in [5, 5.41) is 2.55. The quantitative estimate of drug-likeness (QED) is 0.812. The van der Waals surface area contributed by atoms with Crippen molar-refractivity contribution in [3.05, 3.63) is 65.5 Å². The van der Waals surface area contributed by atoms with Gasteiger partial charge in [-0.3, -0.25) is 9.69 Å². The van der Waals surface area contributed by atoms with Gasteiger partial charge in [-0.25, -0.2) is 4.39 Å². The SMILES string of the molecule is CC(C(=O)Nc1cccc(F)c1)N(C)Cc1ccccc1C(F)(F)F. The van der Waals surface area contributed by atoms with Crippen molar-refractivity contribution in [1.82, 2.24) is 4.90 Å². The van der Waals surface area contributed by atoms with Crippen molar-refractivity contribution in [2.24, 2.45) is 0 Å². The highest BCUT2D eigenvalue weighted by molar-refractivity contribution is 5.94. The molecule has 0 heterocycles. The molecule has 1 N–H and O–H groups in total. The number of likely N-dealkylation sites (N-methyl/N-ethyl adjacent to an activating group) is 1. The predicted molar refractivity (Wildman–Crippen MR) is 87.4 cm³/mol. The van der Waals surface area contributed by atoms with Gasteiger partial charge in [-0.1, -0.05) is 24.3 Å². The van der Waals surface area contributed by atoms with E-state index in [0.717, 1.165) is 6.07 Å². The maximum atomic E-state index is 13.2. The molecule has 1 atom stereocenters. The molecule has 0 radical (unpaired) electrons. The highest BCUT2D eigenvalue weighted by atomic mass is 19.4. The molecule has 0 aliphatic rings. The molecule has 0 aromatic heterocycles. The summed E-state index contributed by atoms with van der Waals surface area (Å²) in [5.41, 5.74) is -0.344. The third-order valence-electron chi connectivity index (χ3n) is 3.88. The maximum Gasteiger partial charge on any atom is 0.416 e. The maximum absolute atomic E-state index is 13.2. The number of alkyl halides is 3. The van der Waals surface area contributed by atoms with Gasteiger partial charge in [-0.05, 0) is 43.8 Å². The van der Waals surface area contributed by atoms with Crippen molar-refractivity contribution in [2.75, 3.05) is 12.4 Å². The minimum absolute atomic E-state index is 0.0482. The molecular weight excluding hydrogens is 336 g/mol. The molecular formula is C18H18F4N2O. The molecule has 2 rings (SSSR count). The normalized spacial score (nSPS) is 12.9. The van der Waals surface area contributed by atoms with Gasteiger partial charge in [0.1, 0.15) is 5.82 Å². The van der Waals surface area contributed by atoms with Crippen LogP contribution in [0.3, 0.4) is 0 Å². The van der Waals surface area contributed by atoms with Crippen LogP contribution >= 0.6 is 0 Å². The lowest BCUT2D eigenvalue weighted by Crippen LogP contribution is -2.39. The molecule has 1 amide bonds. The summed E-state index contributed by atoms with van der Waals surface area (Å²) in [5.74, 6) is -0.921. The zero-order valence-corrected chi connectivity index (χ0v) is 13.8. The number of carbonyl (C=O) groups excluding carboxylic acids is 1. The van der Waals surface area contributed by atoms with E-state index in [4.69, 9.17) is 0 Å². The number of nitrogens with zero attached hydrogens (tertiary/aromatic N) is 1. The van der Waals surface area contributed by atoms with Gasteiger partial charge >= 0.3 is 6.18 Å². The Morgan fingerprint density at radius 1 is 1.16 bits per heavy atom. The molecule has 3 nitrogen and oxygen atoms in total. The van der Waals surface area contributed by atoms with Gasteiger partial charge in [0.25, 0.3) is 0 Å². The average Bonchev–Trinajstić information content (AvgIpc) is 2.53. The van der Waals surface area contributed by atoms with Gasteiger partial charge in [-0.2, -0.15) is 13.2 Å². The Hall–Kier alpha value is -2.41. The second kappa shape index (κ2) is 7.65. The van der Waals surface area contributed by atoms with Crippen molar-refractivity contribution in [1.29, 1.82) is 0 Å². The lowest BCUT2D eigenvalue weighted by atomic mass is 10.1. The van der Waals surface area contributed by atoms with E-state index in [9.17, 15) is 22.4 Å². The van der Waals surface area contributed by atoms with E-state index < -0.39 is 29.5 Å². The van der Waals surface area contributed by atoms with Crippen molar-refractivity contribution in [2.45, 2.75) is 25.7 Å². The third-order valence-corrected chi connectivity index (χ3v) is 3.88. The molecule has 0 saturated heterocycles. The minimum Gasteiger partial charge on any atom is -0.325 e. The number of hydrogen-bond donors (Lipinski definition) is 1. The first kappa shape index (κ1) is 18.9. The molecule has 25 heavy (non-hydrogen) atoms. The van der Waals surface area contributed by atoms with E-state index in [1.807, 2.05) is 0 Å². The lowest BCUT2D eigenvalue weighted by molar-refractivity contribution is -0.138. The largest absolute Gasteiger partial charge is 0.416 e. The Bertz CT molecular complexity index is 746. The number of nitrogens with one attached hydrogen (secondary N) is 1. The molecule has 0 fully saturated rings. The number of halogens is 4. The summed E-state index contributed by atoms with van der Waals surface area (Å²) in [6.45, 7) is 1.53. The molecule has 1 unspecified atom stereocenters. The Kier molecular flexibility index (Phi) is 5.79. The van der Waals surface area contributed by atoms with Gasteiger partial charge in [0, 0.05) is 12.2 Å². The van der Waals surface area contributed by atoms with E-state index in [0.29, 0.717) is 5.69 Å². The van der Waals surface area contributed by atoms with Crippen LogP contribution in [0.15, 0.2) is 48.5 Å². The van der Waals surface area contributed by atoms with Crippen LogP contribution < -0.4 is 5.32 Å². The van der Waals surface area contributed by atoms with Crippen LogP contribution in [0.1, 0.15) is 18.1 Å². The minimum atomic E-state index is -4.45. The van der Waals surface area contributed by atoms with Crippen molar-refractivity contribution < 1.29 is 22.4 Å². The summed E-state index contributed by atoms with van der Waals surface area (Å²) in [7, 11) is 1.56. The standard InChI is InChI=1S/C18H18F4N2O/c1-12(17(25)23-15-8-5-7-14(19)10-15)24(2)11-13-6-3-4-9-16(13)18(20,21)22/h3-10,12H,11H2,1-2H3,(H,23,25). The number of amides is 1. The zero-order chi connectivity index (χ0) is 18.6. The molecule has 134 valence electrons. The van der Waals surface area contributed by atoms with Gasteiger partial charge in [-0.15, -0.1) is 0 Å². The smallest absolute Gasteiger partial charge is 0.325 e. The van der Waals surface area contributed by atoms with E-state index >= 15 is 0 Å². The van der Waals surface area contributed by atoms with E-state index in [1.54, 1.807) is 14.0 Å². The fourth-order valence-electron chi connectivity index (χ4n) is 2.35. The Morgan fingerprint density at radius 2 is 1.84 bits per heavy atom. The van der Waals surface area contributed by atoms with E-state index in [-0.39, 0.29) is 12.1 Å². The zero-order valence-electron chi connectivity index (χ0n) is 13.8. The van der Waals surface area contributed by atoms with E-state index in [1.165, 1.54) is 47.4 Å². The van der Waals surface area contributed by atoms with Crippen molar-refractivity contribution >= 4 is 11.6 Å². The van der Waals surface area contributed by atoms with Crippen LogP contribution in [0, 0.1) is 5.82 Å². The van der Waals surface area contributed by atoms with Gasteiger partial charge in [0.15, 0.2) is 0 Å². The third kappa shape index (κ3) is 5.03. The number of anilines is 1. The van der Waals surface area contributed by atoms with Crippen LogP contribution in [0.4, 0.5) is 23.2 Å². The lowest BCUT2D eigenvalue weighted by Gasteiger charge is -2.25. The van der Waals surface area contributed by atoms with Gasteiger partial charge in [0.2, 0.25) is 5.91 Å². The van der Waals surface area contributed by atoms with Gasteiger partial charge < -0.3 is 5.32 Å². The molecule has 0 bridgehead atoms. The first-order valence-electron chi connectivity index (χ1n) is 7.60. The Labute approximate surface area is 143 Å². The first-order valence-corrected chi connectivity index (χ1v) is 7.60. The summed E-state index contributed by atoms with van der Waals surface area (Å²) in [6.07, 6.45) is -4.45. The molecule has 2 aromatic rings. The topological polar surface area (TPSA) is 32.3 Å². The molecule has 0 aliphatic heterocycles. The number of rotatable bonds is 5. The van der Waals surface area contributed by atoms with Crippen LogP contribution in [0.5, 0.6) is 0 Å². The fourth-order valence-corrected chi connectivity index (χ4v) is 2.35. The summed E-state index contributed by atoms with van der Waals surface area (Å²) in [4.78, 5) is 13.7. The molecule has 7 heteroatoms. The summed E-state index contributed by atoms with van der Waals surface area (Å²) < 4.78 is 52.3. The van der Waals surface area contributed by atoms with Crippen LogP contribution in [-0.2, 0) is 17.5 Å². The average molecular weight is 354 g/mol. The fraction of sp³-hybridized carbons (Fsp3) is 0.278. The van der Waals surface area contributed by atoms with Crippen LogP contribution in [0.2, 0.25) is 0 Å². The van der Waals surface area contributed by atoms with Crippen molar-refractivity contribution in [3.63, 3.8) is 0 Å². The van der Waals surface area contributed by atoms with Crippen LogP contribution in [-0.4, -0.2) is 23.9 Å². The van der Waals surface area contributed by atoms with E-state index in [2.05, 4.69) is 5.32 Å². The summed E-state index contributed by atoms with van der Waals surface area (Å²) >= 11 is 0. The Balaban J connectivity index is 2.08. The van der Waals surface area contributed by atoms with Gasteiger partial charge in [0.05, 0.1) is 11.6 Å². The molecule has 0 spiro atoms. The number of benzene rings is 2. The number of hydrogen-bond acceptors (Lipinski definition) is 2. The monoisotopic (exact) mass is 354 g/mol.